The van der Waals surface area contributed by atoms with Gasteiger partial charge in [0.25, 0.3) is 0 Å². The van der Waals surface area contributed by atoms with Crippen molar-refractivity contribution in [2.75, 3.05) is 13.2 Å². The SMILES string of the molecule is CCCCCCCCCCCCCCCC(=O)O[C@H](COC(=O)CCCCCCCCCCC)COC(=O)CCCCCCCCCCCCCCCCC(C)CC. The normalized spacial score (nSPS) is 12.4. The lowest BCUT2D eigenvalue weighted by Gasteiger charge is -2.18. The molecule has 0 heterocycles. The quantitative estimate of drug-likeness (QED) is 0.0346. The summed E-state index contributed by atoms with van der Waals surface area (Å²) in [6.07, 6.45) is 47.9. The predicted molar refractivity (Wildman–Crippen MR) is 247 cm³/mol. The first-order valence-corrected chi connectivity index (χ1v) is 25.9. The van der Waals surface area contributed by atoms with E-state index in [4.69, 9.17) is 14.2 Å². The Morgan fingerprint density at radius 3 is 0.897 bits per heavy atom. The van der Waals surface area contributed by atoms with Gasteiger partial charge in [-0.3, -0.25) is 14.4 Å². The van der Waals surface area contributed by atoms with Gasteiger partial charge >= 0.3 is 17.9 Å². The van der Waals surface area contributed by atoms with E-state index in [1.807, 2.05) is 0 Å². The molecule has 0 saturated heterocycles. The van der Waals surface area contributed by atoms with Crippen LogP contribution in [-0.2, 0) is 28.6 Å². The van der Waals surface area contributed by atoms with Crippen LogP contribution in [0.4, 0.5) is 0 Å². The number of hydrogen-bond acceptors (Lipinski definition) is 6. The average Bonchev–Trinajstić information content (AvgIpc) is 3.22. The standard InChI is InChI=1S/C52H100O6/c1-5-8-10-12-14-16-17-20-25-29-33-37-41-45-52(55)58-49(46-56-50(53)43-39-35-31-26-15-13-11-9-6-2)47-57-51(54)44-40-36-32-28-24-22-19-18-21-23-27-30-34-38-42-48(4)7-3/h48-49H,5-47H2,1-4H3/t48?,49-/m1/s1. The second kappa shape index (κ2) is 46.5. The Morgan fingerprint density at radius 1 is 0.345 bits per heavy atom. The summed E-state index contributed by atoms with van der Waals surface area (Å²) < 4.78 is 16.8. The summed E-state index contributed by atoms with van der Waals surface area (Å²) in [6, 6.07) is 0. The molecule has 0 N–H and O–H groups in total. The van der Waals surface area contributed by atoms with Crippen LogP contribution in [0.5, 0.6) is 0 Å². The maximum atomic E-state index is 12.8. The number of rotatable bonds is 47. The number of carbonyl (C=O) groups excluding carboxylic acids is 3. The van der Waals surface area contributed by atoms with Crippen LogP contribution in [-0.4, -0.2) is 37.2 Å². The molecule has 1 unspecified atom stereocenters. The van der Waals surface area contributed by atoms with E-state index in [1.165, 1.54) is 186 Å². The zero-order valence-corrected chi connectivity index (χ0v) is 39.5. The van der Waals surface area contributed by atoms with Gasteiger partial charge in [-0.05, 0) is 25.2 Å². The van der Waals surface area contributed by atoms with E-state index in [-0.39, 0.29) is 31.1 Å². The van der Waals surface area contributed by atoms with Crippen LogP contribution >= 0.6 is 0 Å². The molecule has 0 aromatic heterocycles. The maximum absolute atomic E-state index is 12.8. The summed E-state index contributed by atoms with van der Waals surface area (Å²) in [5.74, 6) is 0.0490. The van der Waals surface area contributed by atoms with Crippen molar-refractivity contribution in [3.63, 3.8) is 0 Å². The topological polar surface area (TPSA) is 78.9 Å². The van der Waals surface area contributed by atoms with E-state index in [9.17, 15) is 14.4 Å². The van der Waals surface area contributed by atoms with Crippen molar-refractivity contribution in [1.29, 1.82) is 0 Å². The molecule has 0 aromatic carbocycles. The summed E-state index contributed by atoms with van der Waals surface area (Å²) in [5, 5.41) is 0. The smallest absolute Gasteiger partial charge is 0.306 e. The Kier molecular flexibility index (Phi) is 45.2. The molecule has 0 aromatic rings. The molecule has 2 atom stereocenters. The van der Waals surface area contributed by atoms with E-state index in [1.54, 1.807) is 0 Å². The molecule has 0 amide bonds. The molecule has 0 radical (unpaired) electrons. The second-order valence-electron chi connectivity index (χ2n) is 18.1. The summed E-state index contributed by atoms with van der Waals surface area (Å²) in [4.78, 5) is 37.8. The minimum Gasteiger partial charge on any atom is -0.462 e. The van der Waals surface area contributed by atoms with Crippen LogP contribution in [0.3, 0.4) is 0 Å². The van der Waals surface area contributed by atoms with Gasteiger partial charge in [-0.1, -0.05) is 252 Å². The molecular weight excluding hydrogens is 721 g/mol. The first-order chi connectivity index (χ1) is 28.4. The highest BCUT2D eigenvalue weighted by Crippen LogP contribution is 2.18. The van der Waals surface area contributed by atoms with Gasteiger partial charge in [-0.15, -0.1) is 0 Å². The third-order valence-corrected chi connectivity index (χ3v) is 12.2. The van der Waals surface area contributed by atoms with Crippen LogP contribution < -0.4 is 0 Å². The van der Waals surface area contributed by atoms with Crippen molar-refractivity contribution >= 4 is 17.9 Å². The molecule has 0 aliphatic carbocycles. The zero-order valence-electron chi connectivity index (χ0n) is 39.5. The van der Waals surface area contributed by atoms with E-state index in [2.05, 4.69) is 27.7 Å². The number of hydrogen-bond donors (Lipinski definition) is 0. The largest absolute Gasteiger partial charge is 0.462 e. The Bertz CT molecular complexity index is 874. The number of unbranched alkanes of at least 4 members (excludes halogenated alkanes) is 33. The molecule has 0 fully saturated rings. The fourth-order valence-electron chi connectivity index (χ4n) is 7.83. The zero-order chi connectivity index (χ0) is 42.4. The average molecular weight is 821 g/mol. The highest BCUT2D eigenvalue weighted by Gasteiger charge is 2.19. The van der Waals surface area contributed by atoms with Crippen molar-refractivity contribution in [3.05, 3.63) is 0 Å². The molecule has 344 valence electrons. The van der Waals surface area contributed by atoms with Gasteiger partial charge in [0.2, 0.25) is 0 Å². The minimum atomic E-state index is -0.759. The Balaban J connectivity index is 4.24. The fraction of sp³-hybridized carbons (Fsp3) is 0.942. The molecule has 0 rings (SSSR count). The molecule has 6 heteroatoms. The van der Waals surface area contributed by atoms with Crippen molar-refractivity contribution in [3.8, 4) is 0 Å². The first-order valence-electron chi connectivity index (χ1n) is 25.9. The van der Waals surface area contributed by atoms with E-state index in [0.717, 1.165) is 63.7 Å². The maximum Gasteiger partial charge on any atom is 0.306 e. The first kappa shape index (κ1) is 56.4. The van der Waals surface area contributed by atoms with Gasteiger partial charge in [0.15, 0.2) is 6.10 Å². The number of carbonyl (C=O) groups is 3. The van der Waals surface area contributed by atoms with Gasteiger partial charge in [-0.2, -0.15) is 0 Å². The van der Waals surface area contributed by atoms with Crippen LogP contribution in [0.1, 0.15) is 291 Å². The third-order valence-electron chi connectivity index (χ3n) is 12.2. The van der Waals surface area contributed by atoms with Gasteiger partial charge in [0, 0.05) is 19.3 Å². The van der Waals surface area contributed by atoms with Crippen molar-refractivity contribution < 1.29 is 28.6 Å². The lowest BCUT2D eigenvalue weighted by Crippen LogP contribution is -2.30. The van der Waals surface area contributed by atoms with E-state index < -0.39 is 6.10 Å². The summed E-state index contributed by atoms with van der Waals surface area (Å²) >= 11 is 0. The van der Waals surface area contributed by atoms with Crippen LogP contribution in [0, 0.1) is 5.92 Å². The highest BCUT2D eigenvalue weighted by atomic mass is 16.6. The Labute approximate surface area is 361 Å². The Hall–Kier alpha value is -1.59. The number of ether oxygens (including phenoxy) is 3. The molecule has 0 saturated carbocycles. The van der Waals surface area contributed by atoms with E-state index >= 15 is 0 Å². The lowest BCUT2D eigenvalue weighted by atomic mass is 9.99. The van der Waals surface area contributed by atoms with Crippen molar-refractivity contribution in [2.45, 2.75) is 297 Å². The third kappa shape index (κ3) is 44.0. The summed E-state index contributed by atoms with van der Waals surface area (Å²) in [6.45, 7) is 9.05. The van der Waals surface area contributed by atoms with Crippen LogP contribution in [0.15, 0.2) is 0 Å². The molecule has 0 spiro atoms. The summed E-state index contributed by atoms with van der Waals surface area (Å²) in [5.41, 5.74) is 0. The van der Waals surface area contributed by atoms with Gasteiger partial charge < -0.3 is 14.2 Å². The molecule has 0 bridgehead atoms. The Morgan fingerprint density at radius 2 is 0.603 bits per heavy atom. The summed E-state index contributed by atoms with van der Waals surface area (Å²) in [7, 11) is 0. The predicted octanol–water partition coefficient (Wildman–Crippen LogP) is 16.7. The van der Waals surface area contributed by atoms with E-state index in [0.29, 0.717) is 19.3 Å². The molecule has 58 heavy (non-hydrogen) atoms. The van der Waals surface area contributed by atoms with Gasteiger partial charge in [0.05, 0.1) is 0 Å². The highest BCUT2D eigenvalue weighted by molar-refractivity contribution is 5.71. The fourth-order valence-corrected chi connectivity index (χ4v) is 7.83. The van der Waals surface area contributed by atoms with Crippen LogP contribution in [0.25, 0.3) is 0 Å². The van der Waals surface area contributed by atoms with Crippen molar-refractivity contribution in [1.82, 2.24) is 0 Å². The molecule has 6 nitrogen and oxygen atoms in total. The van der Waals surface area contributed by atoms with Gasteiger partial charge in [0.1, 0.15) is 13.2 Å². The molecule has 0 aliphatic heterocycles. The van der Waals surface area contributed by atoms with Crippen molar-refractivity contribution in [2.24, 2.45) is 5.92 Å². The number of esters is 3. The lowest BCUT2D eigenvalue weighted by molar-refractivity contribution is -0.167. The molecule has 0 aliphatic rings. The van der Waals surface area contributed by atoms with Gasteiger partial charge in [-0.25, -0.2) is 0 Å². The molecular formula is C52H100O6. The van der Waals surface area contributed by atoms with Crippen LogP contribution in [0.2, 0.25) is 0 Å². The monoisotopic (exact) mass is 821 g/mol. The second-order valence-corrected chi connectivity index (χ2v) is 18.1. The minimum absolute atomic E-state index is 0.0628.